The molecule has 0 unspecified atom stereocenters. The number of rotatable bonds is 7. The Balaban J connectivity index is 1.72. The number of piperidine rings is 1. The predicted molar refractivity (Wildman–Crippen MR) is 105 cm³/mol. The van der Waals surface area contributed by atoms with Gasteiger partial charge in [0.15, 0.2) is 5.13 Å². The van der Waals surface area contributed by atoms with E-state index in [2.05, 4.69) is 15.6 Å². The van der Waals surface area contributed by atoms with E-state index in [0.29, 0.717) is 50.0 Å². The van der Waals surface area contributed by atoms with Crippen molar-refractivity contribution in [3.05, 3.63) is 11.1 Å². The van der Waals surface area contributed by atoms with Crippen LogP contribution in [-0.4, -0.2) is 60.3 Å². The minimum Gasteiger partial charge on any atom is -0.450 e. The Labute approximate surface area is 168 Å². The highest BCUT2D eigenvalue weighted by molar-refractivity contribution is 7.13. The molecule has 9 nitrogen and oxygen atoms in total. The zero-order chi connectivity index (χ0) is 20.5. The Morgan fingerprint density at radius 3 is 2.64 bits per heavy atom. The third kappa shape index (κ3) is 7.34. The zero-order valence-electron chi connectivity index (χ0n) is 16.5. The van der Waals surface area contributed by atoms with Crippen molar-refractivity contribution in [1.82, 2.24) is 15.2 Å². The molecule has 2 heterocycles. The second-order valence-corrected chi connectivity index (χ2v) is 7.82. The first kappa shape index (κ1) is 21.9. The number of carbonyl (C=O) groups excluding carboxylic acids is 3. The molecule has 2 rings (SSSR count). The van der Waals surface area contributed by atoms with Crippen LogP contribution in [0, 0.1) is 5.92 Å². The highest BCUT2D eigenvalue weighted by Crippen LogP contribution is 2.17. The summed E-state index contributed by atoms with van der Waals surface area (Å²) in [5, 5.41) is 7.68. The average molecular weight is 413 g/mol. The summed E-state index contributed by atoms with van der Waals surface area (Å²) < 4.78 is 10.0. The van der Waals surface area contributed by atoms with Crippen LogP contribution in [0.5, 0.6) is 0 Å². The maximum absolute atomic E-state index is 12.2. The molecule has 1 aromatic rings. The van der Waals surface area contributed by atoms with E-state index in [1.807, 2.05) is 13.8 Å². The van der Waals surface area contributed by atoms with Gasteiger partial charge in [0.05, 0.1) is 25.3 Å². The lowest BCUT2D eigenvalue weighted by Crippen LogP contribution is -2.47. The molecule has 0 aromatic carbocycles. The van der Waals surface area contributed by atoms with Crippen molar-refractivity contribution in [1.29, 1.82) is 0 Å². The minimum absolute atomic E-state index is 0.0282. The molecule has 1 saturated heterocycles. The molecule has 0 bridgehead atoms. The summed E-state index contributed by atoms with van der Waals surface area (Å²) in [5.74, 6) is 0.124. The summed E-state index contributed by atoms with van der Waals surface area (Å²) in [7, 11) is 0. The molecule has 0 atom stereocenters. The topological polar surface area (TPSA) is 110 Å². The lowest BCUT2D eigenvalue weighted by Gasteiger charge is -2.31. The third-order valence-electron chi connectivity index (χ3n) is 4.04. The zero-order valence-corrected chi connectivity index (χ0v) is 17.3. The van der Waals surface area contributed by atoms with Crippen molar-refractivity contribution in [3.8, 4) is 0 Å². The fourth-order valence-electron chi connectivity index (χ4n) is 2.68. The Morgan fingerprint density at radius 2 is 2.00 bits per heavy atom. The summed E-state index contributed by atoms with van der Waals surface area (Å²) >= 11 is 1.25. The van der Waals surface area contributed by atoms with Crippen LogP contribution in [-0.2, 0) is 20.7 Å². The number of aromatic nitrogens is 1. The van der Waals surface area contributed by atoms with Crippen LogP contribution in [0.2, 0.25) is 0 Å². The Hall–Kier alpha value is -2.36. The number of hydrogen-bond donors (Lipinski definition) is 2. The SMILES string of the molecule is CCOC(=O)N1CCC(NC(=O)Cc2csc(NC(=O)OCC(C)C)n2)CC1. The van der Waals surface area contributed by atoms with E-state index in [9.17, 15) is 14.4 Å². The first-order valence-electron chi connectivity index (χ1n) is 9.46. The van der Waals surface area contributed by atoms with Gasteiger partial charge >= 0.3 is 12.2 Å². The first-order valence-corrected chi connectivity index (χ1v) is 10.3. The van der Waals surface area contributed by atoms with Crippen LogP contribution < -0.4 is 10.6 Å². The van der Waals surface area contributed by atoms with Gasteiger partial charge in [-0.3, -0.25) is 10.1 Å². The Kier molecular flexibility index (Phi) is 8.49. The van der Waals surface area contributed by atoms with Gasteiger partial charge in [0.2, 0.25) is 5.91 Å². The van der Waals surface area contributed by atoms with Gasteiger partial charge in [0.25, 0.3) is 0 Å². The van der Waals surface area contributed by atoms with E-state index >= 15 is 0 Å². The van der Waals surface area contributed by atoms with E-state index < -0.39 is 6.09 Å². The molecule has 1 aliphatic heterocycles. The van der Waals surface area contributed by atoms with Crippen LogP contribution in [0.1, 0.15) is 39.3 Å². The number of hydrogen-bond acceptors (Lipinski definition) is 7. The van der Waals surface area contributed by atoms with Gasteiger partial charge in [-0.2, -0.15) is 0 Å². The van der Waals surface area contributed by atoms with Gasteiger partial charge in [-0.1, -0.05) is 13.8 Å². The van der Waals surface area contributed by atoms with Crippen molar-refractivity contribution in [2.45, 2.75) is 46.1 Å². The molecule has 2 N–H and O–H groups in total. The van der Waals surface area contributed by atoms with Crippen molar-refractivity contribution < 1.29 is 23.9 Å². The standard InChI is InChI=1S/C18H28N4O5S/c1-4-26-18(25)22-7-5-13(6-8-22)19-15(23)9-14-11-28-16(20-14)21-17(24)27-10-12(2)3/h11-13H,4-10H2,1-3H3,(H,19,23)(H,20,21,24). The third-order valence-corrected chi connectivity index (χ3v) is 4.84. The molecule has 10 heteroatoms. The molecule has 28 heavy (non-hydrogen) atoms. The van der Waals surface area contributed by atoms with Crippen LogP contribution in [0.4, 0.5) is 14.7 Å². The normalized spacial score (nSPS) is 14.6. The second-order valence-electron chi connectivity index (χ2n) is 6.97. The summed E-state index contributed by atoms with van der Waals surface area (Å²) in [5.41, 5.74) is 0.589. The van der Waals surface area contributed by atoms with Gasteiger partial charge in [0.1, 0.15) is 0 Å². The number of amides is 3. The molecule has 0 spiro atoms. The molecule has 1 fully saturated rings. The number of nitrogens with zero attached hydrogens (tertiary/aromatic N) is 2. The molecule has 0 radical (unpaired) electrons. The molecule has 0 saturated carbocycles. The molecular weight excluding hydrogens is 384 g/mol. The van der Waals surface area contributed by atoms with Crippen molar-refractivity contribution in [2.75, 3.05) is 31.6 Å². The Morgan fingerprint density at radius 1 is 1.29 bits per heavy atom. The number of nitrogens with one attached hydrogen (secondary N) is 2. The van der Waals surface area contributed by atoms with E-state index in [0.717, 1.165) is 0 Å². The second kappa shape index (κ2) is 10.8. The minimum atomic E-state index is -0.549. The number of thiazole rings is 1. The van der Waals surface area contributed by atoms with E-state index in [-0.39, 0.29) is 30.4 Å². The van der Waals surface area contributed by atoms with E-state index in [1.54, 1.807) is 17.2 Å². The first-order chi connectivity index (χ1) is 13.4. The molecule has 1 aliphatic rings. The maximum Gasteiger partial charge on any atom is 0.413 e. The van der Waals surface area contributed by atoms with Crippen molar-refractivity contribution in [2.24, 2.45) is 5.92 Å². The summed E-state index contributed by atoms with van der Waals surface area (Å²) in [4.78, 5) is 41.5. The molecule has 1 aromatic heterocycles. The fourth-order valence-corrected chi connectivity index (χ4v) is 3.37. The molecular formula is C18H28N4O5S. The monoisotopic (exact) mass is 412 g/mol. The quantitative estimate of drug-likeness (QED) is 0.712. The van der Waals surface area contributed by atoms with Gasteiger partial charge in [-0.05, 0) is 25.7 Å². The summed E-state index contributed by atoms with van der Waals surface area (Å²) in [6.45, 7) is 7.50. The van der Waals surface area contributed by atoms with Gasteiger partial charge < -0.3 is 19.7 Å². The summed E-state index contributed by atoms with van der Waals surface area (Å²) in [6, 6.07) is 0.0282. The number of ether oxygens (including phenoxy) is 2. The Bertz CT molecular complexity index is 671. The van der Waals surface area contributed by atoms with Gasteiger partial charge in [-0.15, -0.1) is 11.3 Å². The van der Waals surface area contributed by atoms with Crippen LogP contribution in [0.15, 0.2) is 5.38 Å². The fraction of sp³-hybridized carbons (Fsp3) is 0.667. The maximum atomic E-state index is 12.2. The largest absolute Gasteiger partial charge is 0.450 e. The highest BCUT2D eigenvalue weighted by Gasteiger charge is 2.24. The van der Waals surface area contributed by atoms with E-state index in [4.69, 9.17) is 9.47 Å². The van der Waals surface area contributed by atoms with Crippen LogP contribution >= 0.6 is 11.3 Å². The van der Waals surface area contributed by atoms with Crippen molar-refractivity contribution in [3.63, 3.8) is 0 Å². The number of carbonyl (C=O) groups is 3. The lowest BCUT2D eigenvalue weighted by atomic mass is 10.1. The van der Waals surface area contributed by atoms with Crippen LogP contribution in [0.3, 0.4) is 0 Å². The summed E-state index contributed by atoms with van der Waals surface area (Å²) in [6.07, 6.45) is 0.665. The molecule has 3 amide bonds. The molecule has 156 valence electrons. The van der Waals surface area contributed by atoms with Crippen LogP contribution in [0.25, 0.3) is 0 Å². The van der Waals surface area contributed by atoms with E-state index in [1.165, 1.54) is 11.3 Å². The smallest absolute Gasteiger partial charge is 0.413 e. The number of anilines is 1. The highest BCUT2D eigenvalue weighted by atomic mass is 32.1. The average Bonchev–Trinajstić information content (AvgIpc) is 3.07. The number of likely N-dealkylation sites (tertiary alicyclic amines) is 1. The van der Waals surface area contributed by atoms with Crippen molar-refractivity contribution >= 4 is 34.6 Å². The lowest BCUT2D eigenvalue weighted by molar-refractivity contribution is -0.121. The molecule has 0 aliphatic carbocycles. The van der Waals surface area contributed by atoms with Gasteiger partial charge in [-0.25, -0.2) is 14.6 Å². The van der Waals surface area contributed by atoms with Gasteiger partial charge in [0, 0.05) is 24.5 Å². The predicted octanol–water partition coefficient (Wildman–Crippen LogP) is 2.63.